The van der Waals surface area contributed by atoms with Crippen molar-refractivity contribution in [1.29, 1.82) is 5.26 Å². The van der Waals surface area contributed by atoms with Crippen molar-refractivity contribution in [3.8, 4) is 28.8 Å². The van der Waals surface area contributed by atoms with Crippen LogP contribution in [0.3, 0.4) is 0 Å². The van der Waals surface area contributed by atoms with Crippen LogP contribution < -0.4 is 4.18 Å². The molecule has 1 N–H and O–H groups in total. The maximum atomic E-state index is 14.4. The summed E-state index contributed by atoms with van der Waals surface area (Å²) in [5.41, 5.74) is 0.914. The third-order valence-corrected chi connectivity index (χ3v) is 7.85. The molecule has 1 saturated carbocycles. The van der Waals surface area contributed by atoms with Crippen LogP contribution in [0, 0.1) is 24.1 Å². The molecule has 218 valence electrons. The summed E-state index contributed by atoms with van der Waals surface area (Å²) in [5, 5.41) is 25.1. The lowest BCUT2D eigenvalue weighted by molar-refractivity contribution is -0.130. The zero-order valence-electron chi connectivity index (χ0n) is 21.9. The number of halogens is 4. The van der Waals surface area contributed by atoms with E-state index in [1.54, 1.807) is 6.92 Å². The largest absolute Gasteiger partial charge is 0.390 e. The molecule has 41 heavy (non-hydrogen) atoms. The lowest BCUT2D eigenvalue weighted by atomic mass is 9.95. The molecule has 1 aliphatic carbocycles. The van der Waals surface area contributed by atoms with Crippen LogP contribution in [0.5, 0.6) is 5.75 Å². The number of carbonyl (C=O) groups excluding carboxylic acids is 1. The summed E-state index contributed by atoms with van der Waals surface area (Å²) in [5.74, 6) is -2.99. The predicted octanol–water partition coefficient (Wildman–Crippen LogP) is 5.68. The van der Waals surface area contributed by atoms with Gasteiger partial charge in [0, 0.05) is 11.1 Å². The van der Waals surface area contributed by atoms with Gasteiger partial charge < -0.3 is 4.18 Å². The fourth-order valence-corrected chi connectivity index (χ4v) is 5.65. The number of nitriles is 1. The molecule has 14 heteroatoms. The Kier molecular flexibility index (Phi) is 8.69. The standard InChI is InChI=1S/C27H26F4N4O5S/c1-17-24(26(36)35(37)21-5-3-2-4-6-21)33-34(22-14-18(16-32)13-20(28)15-22)25(17)19-7-9-23(10-8-19)40-41(38,39)12-11-27(29,30)31/h7-10,13-15,21,37H,2-6,11-12H2,1H3. The average molecular weight is 595 g/mol. The molecule has 0 bridgehead atoms. The molecule has 1 heterocycles. The van der Waals surface area contributed by atoms with Crippen molar-refractivity contribution in [2.75, 3.05) is 5.75 Å². The van der Waals surface area contributed by atoms with Crippen LogP contribution in [-0.4, -0.2) is 52.3 Å². The second-order valence-electron chi connectivity index (χ2n) is 9.72. The maximum Gasteiger partial charge on any atom is 0.390 e. The Bertz CT molecular complexity index is 1570. The van der Waals surface area contributed by atoms with E-state index >= 15 is 0 Å². The highest BCUT2D eigenvalue weighted by atomic mass is 32.2. The number of amides is 1. The molecule has 0 unspecified atom stereocenters. The number of hydrogen-bond acceptors (Lipinski definition) is 7. The first-order valence-electron chi connectivity index (χ1n) is 12.7. The Labute approximate surface area is 233 Å². The number of alkyl halides is 3. The molecule has 0 radical (unpaired) electrons. The van der Waals surface area contributed by atoms with Gasteiger partial charge in [0.05, 0.1) is 41.2 Å². The van der Waals surface area contributed by atoms with Crippen molar-refractivity contribution in [1.82, 2.24) is 14.8 Å². The number of nitrogens with zero attached hydrogens (tertiary/aromatic N) is 4. The Morgan fingerprint density at radius 3 is 2.44 bits per heavy atom. The molecule has 3 aromatic rings. The van der Waals surface area contributed by atoms with Crippen LogP contribution in [-0.2, 0) is 10.1 Å². The highest BCUT2D eigenvalue weighted by Crippen LogP contribution is 2.32. The quantitative estimate of drug-likeness (QED) is 0.154. The maximum absolute atomic E-state index is 14.4. The van der Waals surface area contributed by atoms with Crippen LogP contribution in [0.4, 0.5) is 17.6 Å². The first-order valence-corrected chi connectivity index (χ1v) is 14.3. The van der Waals surface area contributed by atoms with Crippen molar-refractivity contribution in [3.63, 3.8) is 0 Å². The Morgan fingerprint density at radius 2 is 1.83 bits per heavy atom. The predicted molar refractivity (Wildman–Crippen MR) is 138 cm³/mol. The van der Waals surface area contributed by atoms with Crippen LogP contribution in [0.1, 0.15) is 60.1 Å². The van der Waals surface area contributed by atoms with Gasteiger partial charge in [-0.3, -0.25) is 10.0 Å². The zero-order valence-corrected chi connectivity index (χ0v) is 22.7. The van der Waals surface area contributed by atoms with E-state index < -0.39 is 40.2 Å². The van der Waals surface area contributed by atoms with E-state index in [1.165, 1.54) is 35.0 Å². The molecule has 9 nitrogen and oxygen atoms in total. The normalized spacial score (nSPS) is 14.5. The van der Waals surface area contributed by atoms with E-state index in [0.717, 1.165) is 31.4 Å². The van der Waals surface area contributed by atoms with E-state index in [9.17, 15) is 41.2 Å². The van der Waals surface area contributed by atoms with Gasteiger partial charge >= 0.3 is 16.3 Å². The molecule has 1 amide bonds. The summed E-state index contributed by atoms with van der Waals surface area (Å²) in [4.78, 5) is 13.3. The Morgan fingerprint density at radius 1 is 1.17 bits per heavy atom. The molecule has 4 rings (SSSR count). The van der Waals surface area contributed by atoms with Gasteiger partial charge in [0.15, 0.2) is 5.69 Å². The Balaban J connectivity index is 1.73. The Hall–Kier alpha value is -3.96. The molecular weight excluding hydrogens is 568 g/mol. The van der Waals surface area contributed by atoms with E-state index in [-0.39, 0.29) is 34.4 Å². The van der Waals surface area contributed by atoms with Crippen LogP contribution in [0.25, 0.3) is 16.9 Å². The molecule has 1 aromatic heterocycles. The van der Waals surface area contributed by atoms with Gasteiger partial charge in [-0.25, -0.2) is 14.1 Å². The van der Waals surface area contributed by atoms with E-state index in [1.807, 2.05) is 6.07 Å². The number of carbonyl (C=O) groups is 1. The van der Waals surface area contributed by atoms with Gasteiger partial charge in [0.1, 0.15) is 11.6 Å². The van der Waals surface area contributed by atoms with Crippen molar-refractivity contribution < 1.29 is 40.2 Å². The van der Waals surface area contributed by atoms with E-state index in [0.29, 0.717) is 29.0 Å². The van der Waals surface area contributed by atoms with Crippen molar-refractivity contribution in [2.45, 2.75) is 57.7 Å². The lowest BCUT2D eigenvalue weighted by Crippen LogP contribution is -2.39. The first kappa shape index (κ1) is 30.0. The smallest absolute Gasteiger partial charge is 0.382 e. The van der Waals surface area contributed by atoms with Crippen LogP contribution in [0.2, 0.25) is 0 Å². The number of hydroxylamine groups is 2. The molecule has 0 aliphatic heterocycles. The minimum absolute atomic E-state index is 0.00854. The minimum Gasteiger partial charge on any atom is -0.382 e. The summed E-state index contributed by atoms with van der Waals surface area (Å²) >= 11 is 0. The van der Waals surface area contributed by atoms with Gasteiger partial charge in [-0.2, -0.15) is 31.9 Å². The van der Waals surface area contributed by atoms with Crippen molar-refractivity contribution >= 4 is 16.0 Å². The minimum atomic E-state index is -4.67. The average Bonchev–Trinajstić information content (AvgIpc) is 3.28. The second-order valence-corrected chi connectivity index (χ2v) is 11.4. The van der Waals surface area contributed by atoms with Crippen molar-refractivity contribution in [3.05, 3.63) is 65.1 Å². The highest BCUT2D eigenvalue weighted by Gasteiger charge is 2.32. The molecule has 0 spiro atoms. The topological polar surface area (TPSA) is 126 Å². The second kappa shape index (κ2) is 11.9. The molecule has 1 aliphatic rings. The number of hydrogen-bond donors (Lipinski definition) is 1. The summed E-state index contributed by atoms with van der Waals surface area (Å²) in [6, 6.07) is 10.2. The van der Waals surface area contributed by atoms with Gasteiger partial charge in [-0.1, -0.05) is 19.3 Å². The number of aromatic nitrogens is 2. The molecule has 1 fully saturated rings. The fourth-order valence-electron chi connectivity index (χ4n) is 4.68. The zero-order chi connectivity index (χ0) is 29.9. The number of rotatable bonds is 8. The molecular formula is C27H26F4N4O5S. The van der Waals surface area contributed by atoms with Gasteiger partial charge in [-0.05, 0) is 62.2 Å². The monoisotopic (exact) mass is 594 g/mol. The summed E-state index contributed by atoms with van der Waals surface area (Å²) in [6.07, 6.45) is -2.28. The van der Waals surface area contributed by atoms with Crippen molar-refractivity contribution in [2.24, 2.45) is 0 Å². The SMILES string of the molecule is Cc1c(C(=O)N(O)C2CCCCC2)nn(-c2cc(F)cc(C#N)c2)c1-c1ccc(OS(=O)(=O)CCC(F)(F)F)cc1. The molecule has 2 aromatic carbocycles. The van der Waals surface area contributed by atoms with E-state index in [4.69, 9.17) is 4.18 Å². The van der Waals surface area contributed by atoms with Crippen LogP contribution >= 0.6 is 0 Å². The van der Waals surface area contributed by atoms with Gasteiger partial charge in [0.2, 0.25) is 0 Å². The number of benzene rings is 2. The summed E-state index contributed by atoms with van der Waals surface area (Å²) in [7, 11) is -4.53. The third kappa shape index (κ3) is 7.22. The summed E-state index contributed by atoms with van der Waals surface area (Å²) < 4.78 is 81.8. The highest BCUT2D eigenvalue weighted by molar-refractivity contribution is 7.87. The van der Waals surface area contributed by atoms with Crippen LogP contribution in [0.15, 0.2) is 42.5 Å². The molecule has 0 saturated heterocycles. The first-order chi connectivity index (χ1) is 19.3. The van der Waals surface area contributed by atoms with Gasteiger partial charge in [0.25, 0.3) is 5.91 Å². The van der Waals surface area contributed by atoms with Gasteiger partial charge in [-0.15, -0.1) is 0 Å². The summed E-state index contributed by atoms with van der Waals surface area (Å²) in [6.45, 7) is 1.57. The molecule has 0 atom stereocenters. The van der Waals surface area contributed by atoms with E-state index in [2.05, 4.69) is 5.10 Å². The lowest BCUT2D eigenvalue weighted by Gasteiger charge is -2.28. The fraction of sp³-hybridized carbons (Fsp3) is 0.370. The third-order valence-electron chi connectivity index (χ3n) is 6.70.